The molecular formula is C12H16F2N2O. The van der Waals surface area contributed by atoms with Crippen molar-refractivity contribution in [2.45, 2.75) is 25.8 Å². The minimum absolute atomic E-state index is 0.0487. The molecule has 0 aliphatic rings. The second kappa shape index (κ2) is 6.30. The molecule has 0 bridgehead atoms. The van der Waals surface area contributed by atoms with Gasteiger partial charge in [0.25, 0.3) is 0 Å². The molecule has 0 aliphatic carbocycles. The first-order chi connectivity index (χ1) is 8.04. The minimum atomic E-state index is -0.970. The van der Waals surface area contributed by atoms with E-state index < -0.39 is 11.6 Å². The molecule has 1 aromatic rings. The van der Waals surface area contributed by atoms with Crippen molar-refractivity contribution in [1.82, 2.24) is 5.32 Å². The third-order valence-corrected chi connectivity index (χ3v) is 2.47. The van der Waals surface area contributed by atoms with Gasteiger partial charge in [0.2, 0.25) is 5.91 Å². The average molecular weight is 242 g/mol. The zero-order valence-electron chi connectivity index (χ0n) is 9.67. The summed E-state index contributed by atoms with van der Waals surface area (Å²) < 4.78 is 26.1. The number of hydrogen-bond acceptors (Lipinski definition) is 2. The molecule has 3 N–H and O–H groups in total. The fourth-order valence-corrected chi connectivity index (χ4v) is 1.31. The number of amides is 1. The number of carbonyl (C=O) groups excluding carboxylic acids is 1. The van der Waals surface area contributed by atoms with Crippen LogP contribution in [0.4, 0.5) is 8.78 Å². The van der Waals surface area contributed by atoms with Crippen molar-refractivity contribution >= 4 is 5.91 Å². The van der Waals surface area contributed by atoms with E-state index in [1.54, 1.807) is 0 Å². The standard InChI is InChI=1S/C12H16F2N2O/c1-2-9(15)7-16-11(17)6-8-4-3-5-10(13)12(8)14/h3-5,9H,2,6-7,15H2,1H3,(H,16,17). The Balaban J connectivity index is 2.54. The molecule has 0 saturated carbocycles. The number of rotatable bonds is 5. The van der Waals surface area contributed by atoms with Crippen LogP contribution < -0.4 is 11.1 Å². The van der Waals surface area contributed by atoms with Gasteiger partial charge >= 0.3 is 0 Å². The van der Waals surface area contributed by atoms with Crippen LogP contribution in [0.3, 0.4) is 0 Å². The zero-order chi connectivity index (χ0) is 12.8. The molecule has 0 spiro atoms. The van der Waals surface area contributed by atoms with Crippen LogP contribution in [0, 0.1) is 11.6 Å². The number of carbonyl (C=O) groups is 1. The average Bonchev–Trinajstić information content (AvgIpc) is 2.32. The molecule has 0 fully saturated rings. The Hall–Kier alpha value is -1.49. The van der Waals surface area contributed by atoms with Gasteiger partial charge in [-0.25, -0.2) is 8.78 Å². The van der Waals surface area contributed by atoms with E-state index in [9.17, 15) is 13.6 Å². The number of nitrogens with one attached hydrogen (secondary N) is 1. The lowest BCUT2D eigenvalue weighted by atomic mass is 10.1. The van der Waals surface area contributed by atoms with Crippen LogP contribution >= 0.6 is 0 Å². The number of halogens is 2. The van der Waals surface area contributed by atoms with E-state index >= 15 is 0 Å². The summed E-state index contributed by atoms with van der Waals surface area (Å²) >= 11 is 0. The van der Waals surface area contributed by atoms with Gasteiger partial charge in [0.15, 0.2) is 11.6 Å². The first-order valence-corrected chi connectivity index (χ1v) is 5.49. The molecule has 0 saturated heterocycles. The van der Waals surface area contributed by atoms with E-state index in [1.807, 2.05) is 6.92 Å². The highest BCUT2D eigenvalue weighted by Crippen LogP contribution is 2.11. The van der Waals surface area contributed by atoms with E-state index in [0.717, 1.165) is 12.5 Å². The molecule has 0 aliphatic heterocycles. The zero-order valence-corrected chi connectivity index (χ0v) is 9.67. The van der Waals surface area contributed by atoms with Crippen molar-refractivity contribution in [2.24, 2.45) is 5.73 Å². The van der Waals surface area contributed by atoms with E-state index in [0.29, 0.717) is 6.54 Å². The molecule has 1 unspecified atom stereocenters. The summed E-state index contributed by atoms with van der Waals surface area (Å²) in [7, 11) is 0. The first kappa shape index (κ1) is 13.6. The highest BCUT2D eigenvalue weighted by molar-refractivity contribution is 5.78. The van der Waals surface area contributed by atoms with E-state index in [2.05, 4.69) is 5.32 Å². The maximum atomic E-state index is 13.2. The summed E-state index contributed by atoms with van der Waals surface area (Å²) in [5, 5.41) is 2.58. The van der Waals surface area contributed by atoms with Crippen LogP contribution in [0.1, 0.15) is 18.9 Å². The fourth-order valence-electron chi connectivity index (χ4n) is 1.31. The van der Waals surface area contributed by atoms with Gasteiger partial charge in [0.1, 0.15) is 0 Å². The molecule has 0 heterocycles. The molecule has 1 rings (SSSR count). The summed E-state index contributed by atoms with van der Waals surface area (Å²) in [6, 6.07) is 3.66. The van der Waals surface area contributed by atoms with E-state index in [1.165, 1.54) is 12.1 Å². The molecule has 94 valence electrons. The van der Waals surface area contributed by atoms with Crippen molar-refractivity contribution < 1.29 is 13.6 Å². The van der Waals surface area contributed by atoms with Crippen LogP contribution in [0.15, 0.2) is 18.2 Å². The summed E-state index contributed by atoms with van der Waals surface area (Å²) in [5.74, 6) is -2.28. The van der Waals surface area contributed by atoms with Crippen LogP contribution in [0.2, 0.25) is 0 Å². The van der Waals surface area contributed by atoms with Crippen LogP contribution in [0.25, 0.3) is 0 Å². The van der Waals surface area contributed by atoms with Crippen molar-refractivity contribution in [1.29, 1.82) is 0 Å². The second-order valence-corrected chi connectivity index (χ2v) is 3.86. The Bertz CT molecular complexity index is 396. The Morgan fingerprint density at radius 2 is 2.18 bits per heavy atom. The van der Waals surface area contributed by atoms with Crippen molar-refractivity contribution in [3.8, 4) is 0 Å². The van der Waals surface area contributed by atoms with Crippen LogP contribution in [-0.2, 0) is 11.2 Å². The van der Waals surface area contributed by atoms with Gasteiger partial charge in [0, 0.05) is 18.2 Å². The Morgan fingerprint density at radius 1 is 1.47 bits per heavy atom. The molecular weight excluding hydrogens is 226 g/mol. The highest BCUT2D eigenvalue weighted by Gasteiger charge is 2.11. The van der Waals surface area contributed by atoms with Gasteiger partial charge in [-0.15, -0.1) is 0 Å². The summed E-state index contributed by atoms with van der Waals surface area (Å²) in [5.41, 5.74) is 5.67. The molecule has 1 amide bonds. The predicted molar refractivity (Wildman–Crippen MR) is 61.3 cm³/mol. The van der Waals surface area contributed by atoms with E-state index in [-0.39, 0.29) is 23.9 Å². The Labute approximate surface area is 99.0 Å². The number of benzene rings is 1. The third kappa shape index (κ3) is 4.11. The third-order valence-electron chi connectivity index (χ3n) is 2.47. The first-order valence-electron chi connectivity index (χ1n) is 5.49. The number of hydrogen-bond donors (Lipinski definition) is 2. The molecule has 17 heavy (non-hydrogen) atoms. The van der Waals surface area contributed by atoms with E-state index in [4.69, 9.17) is 5.73 Å². The van der Waals surface area contributed by atoms with Gasteiger partial charge in [-0.1, -0.05) is 19.1 Å². The van der Waals surface area contributed by atoms with Crippen molar-refractivity contribution in [3.63, 3.8) is 0 Å². The lowest BCUT2D eigenvalue weighted by Gasteiger charge is -2.10. The smallest absolute Gasteiger partial charge is 0.224 e. The maximum Gasteiger partial charge on any atom is 0.224 e. The number of nitrogens with two attached hydrogens (primary N) is 1. The quantitative estimate of drug-likeness (QED) is 0.819. The SMILES string of the molecule is CCC(N)CNC(=O)Cc1cccc(F)c1F. The minimum Gasteiger partial charge on any atom is -0.354 e. The summed E-state index contributed by atoms with van der Waals surface area (Å²) in [4.78, 5) is 11.4. The largest absolute Gasteiger partial charge is 0.354 e. The topological polar surface area (TPSA) is 55.1 Å². The Morgan fingerprint density at radius 3 is 2.82 bits per heavy atom. The molecule has 0 aromatic heterocycles. The second-order valence-electron chi connectivity index (χ2n) is 3.86. The van der Waals surface area contributed by atoms with Gasteiger partial charge in [-0.05, 0) is 12.5 Å². The lowest BCUT2D eigenvalue weighted by Crippen LogP contribution is -2.37. The van der Waals surface area contributed by atoms with Gasteiger partial charge in [-0.3, -0.25) is 4.79 Å². The lowest BCUT2D eigenvalue weighted by molar-refractivity contribution is -0.120. The fraction of sp³-hybridized carbons (Fsp3) is 0.417. The summed E-state index contributed by atoms with van der Waals surface area (Å²) in [6.07, 6.45) is 0.564. The molecule has 1 atom stereocenters. The molecule has 0 radical (unpaired) electrons. The summed E-state index contributed by atoms with van der Waals surface area (Å²) in [6.45, 7) is 2.25. The van der Waals surface area contributed by atoms with Crippen molar-refractivity contribution in [2.75, 3.05) is 6.54 Å². The van der Waals surface area contributed by atoms with Gasteiger partial charge in [-0.2, -0.15) is 0 Å². The Kier molecular flexibility index (Phi) is 5.03. The van der Waals surface area contributed by atoms with Crippen LogP contribution in [-0.4, -0.2) is 18.5 Å². The van der Waals surface area contributed by atoms with Gasteiger partial charge in [0.05, 0.1) is 6.42 Å². The molecule has 5 heteroatoms. The molecule has 3 nitrogen and oxygen atoms in total. The molecule has 1 aromatic carbocycles. The normalized spacial score (nSPS) is 12.2. The van der Waals surface area contributed by atoms with Gasteiger partial charge < -0.3 is 11.1 Å². The predicted octanol–water partition coefficient (Wildman–Crippen LogP) is 1.36. The maximum absolute atomic E-state index is 13.2. The highest BCUT2D eigenvalue weighted by atomic mass is 19.2. The monoisotopic (exact) mass is 242 g/mol. The van der Waals surface area contributed by atoms with Crippen molar-refractivity contribution in [3.05, 3.63) is 35.4 Å². The van der Waals surface area contributed by atoms with Crippen LogP contribution in [0.5, 0.6) is 0 Å².